The van der Waals surface area contributed by atoms with Crippen LogP contribution in [0.3, 0.4) is 0 Å². The van der Waals surface area contributed by atoms with E-state index in [9.17, 15) is 8.42 Å². The zero-order valence-electron chi connectivity index (χ0n) is 11.9. The van der Waals surface area contributed by atoms with Crippen molar-refractivity contribution in [3.05, 3.63) is 58.9 Å². The van der Waals surface area contributed by atoms with Crippen molar-refractivity contribution < 1.29 is 8.42 Å². The third-order valence-electron chi connectivity index (χ3n) is 3.23. The van der Waals surface area contributed by atoms with Crippen molar-refractivity contribution in [2.24, 2.45) is 0 Å². The summed E-state index contributed by atoms with van der Waals surface area (Å²) in [6.45, 7) is 3.87. The van der Waals surface area contributed by atoms with Crippen LogP contribution in [-0.2, 0) is 16.4 Å². The fraction of sp³-hybridized carbons (Fsp3) is 0.267. The van der Waals surface area contributed by atoms with Gasteiger partial charge in [0.1, 0.15) is 10.0 Å². The van der Waals surface area contributed by atoms with Crippen molar-refractivity contribution in [1.82, 2.24) is 9.71 Å². The number of benzene rings is 1. The van der Waals surface area contributed by atoms with E-state index >= 15 is 0 Å². The molecule has 21 heavy (non-hydrogen) atoms. The Morgan fingerprint density at radius 2 is 1.90 bits per heavy atom. The van der Waals surface area contributed by atoms with Gasteiger partial charge < -0.3 is 0 Å². The van der Waals surface area contributed by atoms with Crippen LogP contribution in [0.25, 0.3) is 0 Å². The van der Waals surface area contributed by atoms with Crippen molar-refractivity contribution in [1.29, 1.82) is 0 Å². The molecule has 112 valence electrons. The van der Waals surface area contributed by atoms with E-state index in [1.54, 1.807) is 13.0 Å². The number of halogens is 1. The van der Waals surface area contributed by atoms with Crippen LogP contribution < -0.4 is 4.72 Å². The first-order chi connectivity index (χ1) is 9.94. The Kier molecular flexibility index (Phi) is 4.98. The third kappa shape index (κ3) is 3.81. The van der Waals surface area contributed by atoms with Crippen LogP contribution in [-0.4, -0.2) is 13.4 Å². The number of nitrogens with zero attached hydrogens (tertiary/aromatic N) is 1. The Balaban J connectivity index is 2.21. The van der Waals surface area contributed by atoms with Gasteiger partial charge in [-0.2, -0.15) is 0 Å². The minimum absolute atomic E-state index is 0.0105. The average Bonchev–Trinajstić information content (AvgIpc) is 2.47. The molecule has 1 aromatic heterocycles. The van der Waals surface area contributed by atoms with E-state index in [4.69, 9.17) is 11.6 Å². The lowest BCUT2D eigenvalue weighted by molar-refractivity contribution is 0.566. The van der Waals surface area contributed by atoms with Crippen molar-refractivity contribution in [2.45, 2.75) is 31.2 Å². The molecule has 0 fully saturated rings. The summed E-state index contributed by atoms with van der Waals surface area (Å²) in [4.78, 5) is 3.78. The summed E-state index contributed by atoms with van der Waals surface area (Å²) in [5, 5.41) is -0.0291. The Labute approximate surface area is 130 Å². The van der Waals surface area contributed by atoms with Gasteiger partial charge >= 0.3 is 0 Å². The Morgan fingerprint density at radius 1 is 1.24 bits per heavy atom. The SMILES string of the molecule is CCc1ccc(C(C)NS(=O)(=O)c2cccnc2Cl)cc1. The van der Waals surface area contributed by atoms with Crippen LogP contribution >= 0.6 is 11.6 Å². The van der Waals surface area contributed by atoms with Crippen molar-refractivity contribution in [3.8, 4) is 0 Å². The predicted molar refractivity (Wildman–Crippen MR) is 83.8 cm³/mol. The first-order valence-electron chi connectivity index (χ1n) is 6.65. The standard InChI is InChI=1S/C15H17ClN2O2S/c1-3-12-6-8-13(9-7-12)11(2)18-21(19,20)14-5-4-10-17-15(14)16/h4-11,18H,3H2,1-2H3. The topological polar surface area (TPSA) is 59.1 Å². The predicted octanol–water partition coefficient (Wildman–Crippen LogP) is 3.34. The summed E-state index contributed by atoms with van der Waals surface area (Å²) in [7, 11) is -3.70. The molecule has 0 bridgehead atoms. The zero-order chi connectivity index (χ0) is 15.5. The molecule has 0 saturated heterocycles. The number of aromatic nitrogens is 1. The van der Waals surface area contributed by atoms with E-state index < -0.39 is 10.0 Å². The highest BCUT2D eigenvalue weighted by Crippen LogP contribution is 2.21. The van der Waals surface area contributed by atoms with E-state index in [0.29, 0.717) is 0 Å². The Morgan fingerprint density at radius 3 is 2.48 bits per heavy atom. The molecule has 0 spiro atoms. The summed E-state index contributed by atoms with van der Waals surface area (Å²) in [5.41, 5.74) is 2.11. The van der Waals surface area contributed by atoms with Crippen LogP contribution in [0.15, 0.2) is 47.5 Å². The molecule has 0 amide bonds. The van der Waals surface area contributed by atoms with Gasteiger partial charge in [0, 0.05) is 12.2 Å². The minimum atomic E-state index is -3.70. The summed E-state index contributed by atoms with van der Waals surface area (Å²) >= 11 is 5.85. The van der Waals surface area contributed by atoms with Crippen molar-refractivity contribution >= 4 is 21.6 Å². The lowest BCUT2D eigenvalue weighted by atomic mass is 10.1. The maximum atomic E-state index is 12.3. The highest BCUT2D eigenvalue weighted by Gasteiger charge is 2.21. The number of hydrogen-bond acceptors (Lipinski definition) is 3. The minimum Gasteiger partial charge on any atom is -0.243 e. The number of sulfonamides is 1. The molecule has 0 aliphatic rings. The number of aryl methyl sites for hydroxylation is 1. The normalized spacial score (nSPS) is 13.1. The number of nitrogens with one attached hydrogen (secondary N) is 1. The van der Waals surface area contributed by atoms with E-state index in [0.717, 1.165) is 12.0 Å². The molecule has 6 heteroatoms. The van der Waals surface area contributed by atoms with E-state index in [1.807, 2.05) is 24.3 Å². The molecule has 1 aromatic carbocycles. The fourth-order valence-electron chi connectivity index (χ4n) is 1.98. The van der Waals surface area contributed by atoms with E-state index in [1.165, 1.54) is 17.8 Å². The second-order valence-electron chi connectivity index (χ2n) is 4.73. The van der Waals surface area contributed by atoms with Gasteiger partial charge in [-0.05, 0) is 36.6 Å². The monoisotopic (exact) mass is 324 g/mol. The molecule has 2 rings (SSSR count). The molecule has 4 nitrogen and oxygen atoms in total. The van der Waals surface area contributed by atoms with Gasteiger partial charge in [-0.15, -0.1) is 0 Å². The number of pyridine rings is 1. The molecule has 2 aromatic rings. The maximum absolute atomic E-state index is 12.3. The molecule has 1 atom stereocenters. The van der Waals surface area contributed by atoms with Crippen LogP contribution in [0.1, 0.15) is 31.0 Å². The molecule has 0 saturated carbocycles. The highest BCUT2D eigenvalue weighted by molar-refractivity contribution is 7.89. The molecule has 0 aliphatic carbocycles. The summed E-state index contributed by atoms with van der Waals surface area (Å²) in [5.74, 6) is 0. The second-order valence-corrected chi connectivity index (χ2v) is 6.77. The third-order valence-corrected chi connectivity index (χ3v) is 5.22. The van der Waals surface area contributed by atoms with E-state index in [-0.39, 0.29) is 16.1 Å². The van der Waals surface area contributed by atoms with Gasteiger partial charge in [0.25, 0.3) is 0 Å². The fourth-order valence-corrected chi connectivity index (χ4v) is 3.66. The van der Waals surface area contributed by atoms with Crippen LogP contribution in [0.5, 0.6) is 0 Å². The number of rotatable bonds is 5. The van der Waals surface area contributed by atoms with Crippen molar-refractivity contribution in [3.63, 3.8) is 0 Å². The van der Waals surface area contributed by atoms with E-state index in [2.05, 4.69) is 16.6 Å². The lowest BCUT2D eigenvalue weighted by Gasteiger charge is -2.15. The molecule has 1 N–H and O–H groups in total. The number of hydrogen-bond donors (Lipinski definition) is 1. The zero-order valence-corrected chi connectivity index (χ0v) is 13.4. The highest BCUT2D eigenvalue weighted by atomic mass is 35.5. The average molecular weight is 325 g/mol. The van der Waals surface area contributed by atoms with Gasteiger partial charge in [0.15, 0.2) is 0 Å². The molecular weight excluding hydrogens is 308 g/mol. The quantitative estimate of drug-likeness (QED) is 0.858. The summed E-state index contributed by atoms with van der Waals surface area (Å²) in [6, 6.07) is 10.5. The van der Waals surface area contributed by atoms with Crippen molar-refractivity contribution in [2.75, 3.05) is 0 Å². The van der Waals surface area contributed by atoms with Crippen LogP contribution in [0.4, 0.5) is 0 Å². The van der Waals surface area contributed by atoms with Gasteiger partial charge in [-0.1, -0.05) is 42.8 Å². The van der Waals surface area contributed by atoms with Gasteiger partial charge in [0.05, 0.1) is 0 Å². The van der Waals surface area contributed by atoms with Gasteiger partial charge in [-0.25, -0.2) is 18.1 Å². The second kappa shape index (κ2) is 6.56. The maximum Gasteiger partial charge on any atom is 0.244 e. The summed E-state index contributed by atoms with van der Waals surface area (Å²) < 4.78 is 27.3. The summed E-state index contributed by atoms with van der Waals surface area (Å²) in [6.07, 6.45) is 2.40. The molecule has 1 unspecified atom stereocenters. The molecule has 1 heterocycles. The molecule has 0 radical (unpaired) electrons. The molecular formula is C15H17ClN2O2S. The first kappa shape index (κ1) is 15.9. The largest absolute Gasteiger partial charge is 0.244 e. The Bertz CT molecular complexity index is 715. The van der Waals surface area contributed by atoms with Crippen LogP contribution in [0, 0.1) is 0 Å². The smallest absolute Gasteiger partial charge is 0.243 e. The van der Waals surface area contributed by atoms with Crippen LogP contribution in [0.2, 0.25) is 5.15 Å². The Hall–Kier alpha value is -1.43. The molecule has 0 aliphatic heterocycles. The lowest BCUT2D eigenvalue weighted by Crippen LogP contribution is -2.27. The first-order valence-corrected chi connectivity index (χ1v) is 8.52. The van der Waals surface area contributed by atoms with Gasteiger partial charge in [0.2, 0.25) is 10.0 Å². The van der Waals surface area contributed by atoms with Gasteiger partial charge in [-0.3, -0.25) is 0 Å².